The Morgan fingerprint density at radius 1 is 1.06 bits per heavy atom. The lowest BCUT2D eigenvalue weighted by Gasteiger charge is -2.44. The first-order chi connectivity index (χ1) is 15.5. The summed E-state index contributed by atoms with van der Waals surface area (Å²) in [5, 5.41) is 22.5. The summed E-state index contributed by atoms with van der Waals surface area (Å²) in [4.78, 5) is 46.8. The molecule has 0 saturated carbocycles. The van der Waals surface area contributed by atoms with E-state index in [-0.39, 0.29) is 23.3 Å². The molecule has 1 aliphatic heterocycles. The van der Waals surface area contributed by atoms with Crippen LogP contribution in [0, 0.1) is 5.21 Å². The largest absolute Gasteiger partial charge is 0.733 e. The van der Waals surface area contributed by atoms with E-state index in [4.69, 9.17) is 28.9 Å². The van der Waals surface area contributed by atoms with Gasteiger partial charge in [0, 0.05) is 33.8 Å². The fourth-order valence-electron chi connectivity index (χ4n) is 3.20. The Hall–Kier alpha value is -3.42. The molecular formula is C20H25N2O11-. The lowest BCUT2D eigenvalue weighted by molar-refractivity contribution is -0.257. The summed E-state index contributed by atoms with van der Waals surface area (Å²) in [6, 6.07) is 4.20. The molecule has 1 fully saturated rings. The van der Waals surface area contributed by atoms with Crippen molar-refractivity contribution in [1.82, 2.24) is 5.32 Å². The average molecular weight is 469 g/mol. The normalized spacial score (nSPS) is 24.2. The van der Waals surface area contributed by atoms with Crippen LogP contribution in [0.2, 0.25) is 0 Å². The van der Waals surface area contributed by atoms with Gasteiger partial charge in [0.2, 0.25) is 12.2 Å². The molecule has 1 saturated heterocycles. The van der Waals surface area contributed by atoms with Crippen LogP contribution < -0.4 is 15.3 Å². The molecular weight excluding hydrogens is 444 g/mol. The maximum atomic E-state index is 11.9. The molecule has 0 aliphatic carbocycles. The zero-order valence-corrected chi connectivity index (χ0v) is 18.4. The maximum Gasteiger partial charge on any atom is 0.303 e. The predicted molar refractivity (Wildman–Crippen MR) is 109 cm³/mol. The number of anilines is 1. The Morgan fingerprint density at radius 3 is 2.24 bits per heavy atom. The Morgan fingerprint density at radius 2 is 1.70 bits per heavy atom. The van der Waals surface area contributed by atoms with Crippen LogP contribution in [-0.2, 0) is 38.1 Å². The number of nitrogens with zero attached hydrogens (tertiary/aromatic N) is 1. The Labute approximate surface area is 189 Å². The SMILES string of the molecule is CC(=O)NC1C(Oc2cccc(N([O-])O)c2)OC(COC(C)=O)C(OC(C)=O)C1OC(C)=O. The molecule has 5 unspecified atom stereocenters. The van der Waals surface area contributed by atoms with E-state index < -0.39 is 54.5 Å². The van der Waals surface area contributed by atoms with Gasteiger partial charge >= 0.3 is 17.9 Å². The van der Waals surface area contributed by atoms with Gasteiger partial charge in [0.05, 0.1) is 5.69 Å². The summed E-state index contributed by atoms with van der Waals surface area (Å²) < 4.78 is 27.3. The second kappa shape index (κ2) is 11.4. The quantitative estimate of drug-likeness (QED) is 0.305. The molecule has 1 aromatic carbocycles. The standard InChI is InChI=1S/C20H25N2O11/c1-10(23)21-17-19(31-13(4)26)18(30-12(3)25)16(9-29-11(2)24)33-20(17)32-15-7-5-6-14(8-15)22(27)28/h5-8,16-20,27H,9H2,1-4H3,(H,21,23)/q-1. The number of carbonyl (C=O) groups excluding carboxylic acids is 4. The molecule has 1 heterocycles. The minimum absolute atomic E-state index is 0.0569. The van der Waals surface area contributed by atoms with Crippen LogP contribution in [0.5, 0.6) is 5.75 Å². The molecule has 13 heteroatoms. The smallest absolute Gasteiger partial charge is 0.303 e. The first kappa shape index (κ1) is 25.8. The molecule has 0 bridgehead atoms. The van der Waals surface area contributed by atoms with Crippen molar-refractivity contribution >= 4 is 29.5 Å². The van der Waals surface area contributed by atoms with Gasteiger partial charge in [-0.3, -0.25) is 24.4 Å². The first-order valence-corrected chi connectivity index (χ1v) is 9.81. The predicted octanol–water partition coefficient (Wildman–Crippen LogP) is 0.415. The fourth-order valence-corrected chi connectivity index (χ4v) is 3.20. The van der Waals surface area contributed by atoms with Gasteiger partial charge in [0.1, 0.15) is 24.5 Å². The number of ether oxygens (including phenoxy) is 5. The van der Waals surface area contributed by atoms with Crippen molar-refractivity contribution in [3.8, 4) is 5.75 Å². The van der Waals surface area contributed by atoms with Gasteiger partial charge < -0.3 is 39.4 Å². The topological polar surface area (TPSA) is 173 Å². The van der Waals surface area contributed by atoms with E-state index in [2.05, 4.69) is 5.32 Å². The average Bonchev–Trinajstić information content (AvgIpc) is 2.70. The maximum absolute atomic E-state index is 11.9. The van der Waals surface area contributed by atoms with Crippen LogP contribution in [0.25, 0.3) is 0 Å². The van der Waals surface area contributed by atoms with Crippen molar-refractivity contribution in [2.24, 2.45) is 0 Å². The number of rotatable bonds is 8. The van der Waals surface area contributed by atoms with Gasteiger partial charge in [-0.1, -0.05) is 6.07 Å². The summed E-state index contributed by atoms with van der Waals surface area (Å²) in [7, 11) is 0. The van der Waals surface area contributed by atoms with Gasteiger partial charge in [0.25, 0.3) is 0 Å². The highest BCUT2D eigenvalue weighted by atomic mass is 16.8. The molecule has 0 aromatic heterocycles. The third-order valence-electron chi connectivity index (χ3n) is 4.36. The summed E-state index contributed by atoms with van der Waals surface area (Å²) in [6.45, 7) is 4.23. The lowest BCUT2D eigenvalue weighted by Crippen LogP contribution is -2.67. The van der Waals surface area contributed by atoms with E-state index in [0.29, 0.717) is 0 Å². The second-order valence-corrected chi connectivity index (χ2v) is 7.11. The van der Waals surface area contributed by atoms with E-state index in [1.54, 1.807) is 0 Å². The highest BCUT2D eigenvalue weighted by Gasteiger charge is 2.51. The van der Waals surface area contributed by atoms with Crippen LogP contribution >= 0.6 is 0 Å². The molecule has 1 amide bonds. The molecule has 5 atom stereocenters. The van der Waals surface area contributed by atoms with Crippen molar-refractivity contribution in [3.63, 3.8) is 0 Å². The van der Waals surface area contributed by atoms with E-state index in [1.807, 2.05) is 0 Å². The fraction of sp³-hybridized carbons (Fsp3) is 0.500. The number of amides is 1. The lowest BCUT2D eigenvalue weighted by atomic mass is 9.96. The monoisotopic (exact) mass is 469 g/mol. The third-order valence-corrected chi connectivity index (χ3v) is 4.36. The summed E-state index contributed by atoms with van der Waals surface area (Å²) in [6.07, 6.45) is -5.04. The van der Waals surface area contributed by atoms with Gasteiger partial charge in [0.15, 0.2) is 12.2 Å². The van der Waals surface area contributed by atoms with E-state index in [0.717, 1.165) is 20.8 Å². The number of nitrogens with one attached hydrogen (secondary N) is 1. The van der Waals surface area contributed by atoms with Crippen LogP contribution in [0.1, 0.15) is 27.7 Å². The number of benzene rings is 1. The van der Waals surface area contributed by atoms with Gasteiger partial charge in [-0.25, -0.2) is 0 Å². The minimum atomic E-state index is -1.35. The highest BCUT2D eigenvalue weighted by molar-refractivity contribution is 5.73. The van der Waals surface area contributed by atoms with Crippen LogP contribution in [0.3, 0.4) is 0 Å². The van der Waals surface area contributed by atoms with Crippen LogP contribution in [0.15, 0.2) is 24.3 Å². The summed E-state index contributed by atoms with van der Waals surface area (Å²) >= 11 is 0. The van der Waals surface area contributed by atoms with Gasteiger partial charge in [-0.2, -0.15) is 0 Å². The van der Waals surface area contributed by atoms with Crippen molar-refractivity contribution in [2.75, 3.05) is 11.8 Å². The molecule has 13 nitrogen and oxygen atoms in total. The van der Waals surface area contributed by atoms with E-state index in [9.17, 15) is 24.4 Å². The molecule has 0 spiro atoms. The van der Waals surface area contributed by atoms with Crippen molar-refractivity contribution in [1.29, 1.82) is 0 Å². The molecule has 1 aromatic rings. The number of esters is 3. The highest BCUT2D eigenvalue weighted by Crippen LogP contribution is 2.30. The molecule has 2 N–H and O–H groups in total. The van der Waals surface area contributed by atoms with Crippen LogP contribution in [-0.4, -0.2) is 66.3 Å². The summed E-state index contributed by atoms with van der Waals surface area (Å²) in [5.74, 6) is -2.60. The van der Waals surface area contributed by atoms with Gasteiger partial charge in [-0.15, -0.1) is 0 Å². The van der Waals surface area contributed by atoms with Gasteiger partial charge in [-0.05, 0) is 12.1 Å². The number of hydrogen-bond acceptors (Lipinski definition) is 12. The van der Waals surface area contributed by atoms with E-state index >= 15 is 0 Å². The zero-order valence-electron chi connectivity index (χ0n) is 18.4. The Bertz CT molecular complexity index is 875. The number of carbonyl (C=O) groups is 4. The van der Waals surface area contributed by atoms with Crippen molar-refractivity contribution < 1.29 is 48.1 Å². The molecule has 1 aliphatic rings. The Balaban J connectivity index is 2.46. The Kier molecular flexibility index (Phi) is 8.96. The third kappa shape index (κ3) is 7.59. The molecule has 0 radical (unpaired) electrons. The minimum Gasteiger partial charge on any atom is -0.733 e. The molecule has 33 heavy (non-hydrogen) atoms. The van der Waals surface area contributed by atoms with Crippen LogP contribution in [0.4, 0.5) is 5.69 Å². The summed E-state index contributed by atoms with van der Waals surface area (Å²) in [5.41, 5.74) is -0.148. The second-order valence-electron chi connectivity index (χ2n) is 7.11. The first-order valence-electron chi connectivity index (χ1n) is 9.81. The van der Waals surface area contributed by atoms with E-state index in [1.165, 1.54) is 31.2 Å². The zero-order chi connectivity index (χ0) is 24.7. The number of hydrogen-bond donors (Lipinski definition) is 2. The van der Waals surface area contributed by atoms with Crippen molar-refractivity contribution in [3.05, 3.63) is 29.5 Å². The molecule has 182 valence electrons. The molecule has 2 rings (SSSR count). The van der Waals surface area contributed by atoms with Crippen molar-refractivity contribution in [2.45, 2.75) is 58.3 Å².